The van der Waals surface area contributed by atoms with E-state index in [1.54, 1.807) is 0 Å². The van der Waals surface area contributed by atoms with Crippen molar-refractivity contribution in [1.29, 1.82) is 0 Å². The summed E-state index contributed by atoms with van der Waals surface area (Å²) >= 11 is 6.68. The van der Waals surface area contributed by atoms with Gasteiger partial charge in [-0.1, -0.05) is 51.3 Å². The molecule has 1 aromatic rings. The summed E-state index contributed by atoms with van der Waals surface area (Å²) in [5.41, 5.74) is -0.129. The maximum Gasteiger partial charge on any atom is 0.310 e. The number of unbranched alkanes of at least 4 members (excludes halogenated alkanes) is 1. The summed E-state index contributed by atoms with van der Waals surface area (Å²) in [6.07, 6.45) is 2.55. The summed E-state index contributed by atoms with van der Waals surface area (Å²) in [6.45, 7) is 13.5. The Morgan fingerprint density at radius 3 is 2.15 bits per heavy atom. The maximum absolute atomic E-state index is 13.0. The zero-order valence-corrected chi connectivity index (χ0v) is 18.7. The molecule has 0 fully saturated rings. The van der Waals surface area contributed by atoms with Crippen molar-refractivity contribution in [3.63, 3.8) is 0 Å². The molecule has 0 aliphatic heterocycles. The van der Waals surface area contributed by atoms with Gasteiger partial charge in [0.2, 0.25) is 0 Å². The monoisotopic (exact) mass is 400 g/mol. The highest BCUT2D eigenvalue weighted by Gasteiger charge is 2.45. The highest BCUT2D eigenvalue weighted by atomic mass is 35.5. The van der Waals surface area contributed by atoms with Crippen molar-refractivity contribution >= 4 is 28.4 Å². The van der Waals surface area contributed by atoms with E-state index >= 15 is 0 Å². The van der Waals surface area contributed by atoms with Crippen LogP contribution in [0.15, 0.2) is 29.2 Å². The lowest BCUT2D eigenvalue weighted by molar-refractivity contribution is -0.164. The third-order valence-electron chi connectivity index (χ3n) is 4.46. The number of benzene rings is 1. The molecule has 0 aliphatic carbocycles. The van der Waals surface area contributed by atoms with Crippen LogP contribution in [0.3, 0.4) is 0 Å². The lowest BCUT2D eigenvalue weighted by atomic mass is 9.77. The number of esters is 1. The third kappa shape index (κ3) is 6.38. The number of alkyl halides is 1. The minimum Gasteiger partial charge on any atom is -0.460 e. The number of hydrogen-bond acceptors (Lipinski definition) is 3. The Balaban J connectivity index is 3.10. The molecule has 0 saturated carbocycles. The molecule has 3 atom stereocenters. The highest BCUT2D eigenvalue weighted by molar-refractivity contribution is 7.87. The Morgan fingerprint density at radius 2 is 1.69 bits per heavy atom. The summed E-state index contributed by atoms with van der Waals surface area (Å²) in [5.74, 6) is -0.666. The van der Waals surface area contributed by atoms with E-state index in [-0.39, 0.29) is 5.97 Å². The molecule has 3 nitrogen and oxygen atoms in total. The molecule has 0 radical (unpaired) electrons. The molecular weight excluding hydrogens is 368 g/mol. The van der Waals surface area contributed by atoms with Gasteiger partial charge in [-0.25, -0.2) is 0 Å². The number of rotatable bonds is 8. The number of halogens is 1. The Morgan fingerprint density at radius 1 is 1.15 bits per heavy atom. The molecule has 0 spiro atoms. The molecule has 26 heavy (non-hydrogen) atoms. The average Bonchev–Trinajstić information content (AvgIpc) is 2.52. The van der Waals surface area contributed by atoms with Crippen LogP contribution in [0.4, 0.5) is 0 Å². The van der Waals surface area contributed by atoms with Gasteiger partial charge < -0.3 is 4.74 Å². The van der Waals surface area contributed by atoms with E-state index in [2.05, 4.69) is 6.92 Å². The summed E-state index contributed by atoms with van der Waals surface area (Å²) in [5, 5.41) is 0. The fourth-order valence-corrected chi connectivity index (χ4v) is 4.62. The number of hydrogen-bond donors (Lipinski definition) is 0. The van der Waals surface area contributed by atoms with E-state index in [4.69, 9.17) is 16.3 Å². The van der Waals surface area contributed by atoms with Crippen LogP contribution in [0.25, 0.3) is 0 Å². The summed E-state index contributed by atoms with van der Waals surface area (Å²) in [7, 11) is -1.41. The van der Waals surface area contributed by atoms with Crippen molar-refractivity contribution in [2.45, 2.75) is 82.9 Å². The second-order valence-corrected chi connectivity index (χ2v) is 10.7. The first kappa shape index (κ1) is 23.2. The molecular formula is C21H33ClO3S. The van der Waals surface area contributed by atoms with Crippen LogP contribution in [-0.2, 0) is 20.3 Å². The van der Waals surface area contributed by atoms with E-state index in [0.29, 0.717) is 11.3 Å². The first-order chi connectivity index (χ1) is 11.9. The van der Waals surface area contributed by atoms with Crippen LogP contribution in [0.5, 0.6) is 0 Å². The van der Waals surface area contributed by atoms with Gasteiger partial charge in [-0.2, -0.15) is 0 Å². The van der Waals surface area contributed by atoms with Crippen LogP contribution in [0.1, 0.15) is 66.4 Å². The minimum atomic E-state index is -1.41. The quantitative estimate of drug-likeness (QED) is 0.406. The Hall–Kier alpha value is -0.870. The van der Waals surface area contributed by atoms with Crippen molar-refractivity contribution in [3.05, 3.63) is 29.8 Å². The van der Waals surface area contributed by atoms with Crippen LogP contribution in [0.2, 0.25) is 0 Å². The molecule has 0 amide bonds. The zero-order valence-electron chi connectivity index (χ0n) is 17.1. The second-order valence-electron chi connectivity index (χ2n) is 8.48. The number of carbonyl (C=O) groups is 1. The van der Waals surface area contributed by atoms with Gasteiger partial charge in [0.15, 0.2) is 0 Å². The zero-order chi connectivity index (χ0) is 20.1. The molecule has 0 bridgehead atoms. The molecule has 5 heteroatoms. The Bertz CT molecular complexity index is 617. The molecule has 1 aromatic carbocycles. The van der Waals surface area contributed by atoms with Crippen molar-refractivity contribution in [2.75, 3.05) is 0 Å². The molecule has 0 saturated heterocycles. The predicted octanol–water partition coefficient (Wildman–Crippen LogP) is 5.84. The topological polar surface area (TPSA) is 43.4 Å². The third-order valence-corrected chi connectivity index (χ3v) is 7.23. The first-order valence-corrected chi connectivity index (χ1v) is 10.9. The van der Waals surface area contributed by atoms with Crippen LogP contribution in [0, 0.1) is 18.3 Å². The molecule has 0 heterocycles. The van der Waals surface area contributed by atoms with Gasteiger partial charge >= 0.3 is 5.97 Å². The second kappa shape index (κ2) is 9.36. The molecule has 2 unspecified atom stereocenters. The standard InChI is InChI=1S/C21H33ClO3S/c1-8-9-10-17(18(23)25-20(3,4)5)21(6,7)19(22)26(24)16-13-11-15(2)12-14-16/h11-14,17,19H,8-10H2,1-7H3/t17-,19?,26?/m0/s1. The van der Waals surface area contributed by atoms with Gasteiger partial charge in [-0.15, -0.1) is 11.6 Å². The van der Waals surface area contributed by atoms with E-state index in [1.165, 1.54) is 0 Å². The lowest BCUT2D eigenvalue weighted by Crippen LogP contribution is -2.43. The van der Waals surface area contributed by atoms with Crippen LogP contribution >= 0.6 is 11.6 Å². The van der Waals surface area contributed by atoms with Gasteiger partial charge in [0.05, 0.1) is 16.7 Å². The van der Waals surface area contributed by atoms with Gasteiger partial charge in [0.25, 0.3) is 0 Å². The van der Waals surface area contributed by atoms with E-state index < -0.39 is 32.4 Å². The maximum atomic E-state index is 13.0. The molecule has 1 rings (SSSR count). The summed E-state index contributed by atoms with van der Waals surface area (Å²) in [6, 6.07) is 7.52. The Labute approximate surface area is 166 Å². The average molecular weight is 401 g/mol. The number of ether oxygens (including phenoxy) is 1. The normalized spacial score (nSPS) is 16.0. The van der Waals surface area contributed by atoms with Gasteiger partial charge in [0.1, 0.15) is 10.3 Å². The first-order valence-electron chi connectivity index (χ1n) is 9.24. The van der Waals surface area contributed by atoms with Crippen molar-refractivity contribution in [2.24, 2.45) is 11.3 Å². The molecule has 0 aromatic heterocycles. The van der Waals surface area contributed by atoms with Gasteiger partial charge in [0, 0.05) is 10.3 Å². The number of aryl methyl sites for hydroxylation is 1. The molecule has 148 valence electrons. The SMILES string of the molecule is CCCC[C@@H](C(=O)OC(C)(C)C)C(C)(C)C(Cl)S(=O)c1ccc(C)cc1. The predicted molar refractivity (Wildman–Crippen MR) is 110 cm³/mol. The highest BCUT2D eigenvalue weighted by Crippen LogP contribution is 2.41. The van der Waals surface area contributed by atoms with E-state index in [0.717, 1.165) is 18.4 Å². The van der Waals surface area contributed by atoms with E-state index in [9.17, 15) is 9.00 Å². The fourth-order valence-electron chi connectivity index (χ4n) is 2.80. The summed E-state index contributed by atoms with van der Waals surface area (Å²) in [4.78, 5) is 13.5. The molecule has 0 N–H and O–H groups in total. The summed E-state index contributed by atoms with van der Waals surface area (Å²) < 4.78 is 18.0. The smallest absolute Gasteiger partial charge is 0.310 e. The van der Waals surface area contributed by atoms with Crippen molar-refractivity contribution in [1.82, 2.24) is 0 Å². The lowest BCUT2D eigenvalue weighted by Gasteiger charge is -2.37. The number of carbonyl (C=O) groups excluding carboxylic acids is 1. The molecule has 0 aliphatic rings. The minimum absolute atomic E-state index is 0.262. The Kier molecular flexibility index (Phi) is 8.34. The largest absolute Gasteiger partial charge is 0.460 e. The van der Waals surface area contributed by atoms with Crippen LogP contribution < -0.4 is 0 Å². The van der Waals surface area contributed by atoms with E-state index in [1.807, 2.05) is 65.8 Å². The van der Waals surface area contributed by atoms with Gasteiger partial charge in [-0.05, 0) is 46.2 Å². The van der Waals surface area contributed by atoms with Crippen LogP contribution in [-0.4, -0.2) is 20.5 Å². The fraction of sp³-hybridized carbons (Fsp3) is 0.667. The van der Waals surface area contributed by atoms with Crippen molar-refractivity contribution < 1.29 is 13.7 Å². The van der Waals surface area contributed by atoms with Crippen molar-refractivity contribution in [3.8, 4) is 0 Å². The van der Waals surface area contributed by atoms with Gasteiger partial charge in [-0.3, -0.25) is 9.00 Å².